The van der Waals surface area contributed by atoms with Crippen LogP contribution in [0, 0.1) is 25.7 Å². The molecule has 0 unspecified atom stereocenters. The van der Waals surface area contributed by atoms with Crippen LogP contribution >= 0.6 is 0 Å². The molecule has 1 saturated heterocycles. The Morgan fingerprint density at radius 1 is 1.09 bits per heavy atom. The highest BCUT2D eigenvalue weighted by Crippen LogP contribution is 2.37. The summed E-state index contributed by atoms with van der Waals surface area (Å²) in [7, 11) is 0. The first-order valence-electron chi connectivity index (χ1n) is 8.10. The number of likely N-dealkylation sites (tertiary alicyclic amines) is 1. The largest absolute Gasteiger partial charge is 0.425 e. The summed E-state index contributed by atoms with van der Waals surface area (Å²) in [5, 5.41) is 0. The molecule has 1 aromatic rings. The van der Waals surface area contributed by atoms with Gasteiger partial charge in [-0.1, -0.05) is 18.9 Å². The van der Waals surface area contributed by atoms with E-state index in [4.69, 9.17) is 4.74 Å². The first-order valence-corrected chi connectivity index (χ1v) is 8.10. The van der Waals surface area contributed by atoms with E-state index in [1.54, 1.807) is 12.1 Å². The van der Waals surface area contributed by atoms with Crippen molar-refractivity contribution in [2.24, 2.45) is 11.8 Å². The molecule has 0 N–H and O–H groups in total. The molecular formula is C18H21NO4. The minimum absolute atomic E-state index is 0.211. The highest BCUT2D eigenvalue weighted by molar-refractivity contribution is 6.07. The first kappa shape index (κ1) is 15.7. The van der Waals surface area contributed by atoms with Crippen LogP contribution in [0.25, 0.3) is 0 Å². The van der Waals surface area contributed by atoms with E-state index >= 15 is 0 Å². The second-order valence-electron chi connectivity index (χ2n) is 6.48. The van der Waals surface area contributed by atoms with Gasteiger partial charge in [0.2, 0.25) is 11.8 Å². The van der Waals surface area contributed by atoms with Gasteiger partial charge in [0.25, 0.3) is 0 Å². The molecule has 23 heavy (non-hydrogen) atoms. The van der Waals surface area contributed by atoms with E-state index in [2.05, 4.69) is 0 Å². The summed E-state index contributed by atoms with van der Waals surface area (Å²) >= 11 is 0. The summed E-state index contributed by atoms with van der Waals surface area (Å²) in [5.41, 5.74) is 2.13. The van der Waals surface area contributed by atoms with Crippen LogP contribution in [-0.4, -0.2) is 29.2 Å². The van der Waals surface area contributed by atoms with Crippen molar-refractivity contribution in [1.82, 2.24) is 4.90 Å². The third-order valence-corrected chi connectivity index (χ3v) is 4.93. The molecule has 1 aromatic carbocycles. The Morgan fingerprint density at radius 2 is 1.70 bits per heavy atom. The molecular weight excluding hydrogens is 294 g/mol. The van der Waals surface area contributed by atoms with E-state index in [9.17, 15) is 14.4 Å². The monoisotopic (exact) mass is 315 g/mol. The molecule has 2 fully saturated rings. The Labute approximate surface area is 135 Å². The van der Waals surface area contributed by atoms with Crippen molar-refractivity contribution >= 4 is 17.8 Å². The summed E-state index contributed by atoms with van der Waals surface area (Å²) in [6.45, 7) is 3.62. The van der Waals surface area contributed by atoms with Gasteiger partial charge in [-0.3, -0.25) is 14.5 Å². The van der Waals surface area contributed by atoms with Gasteiger partial charge in [0.05, 0.1) is 11.8 Å². The topological polar surface area (TPSA) is 63.7 Å². The number of ether oxygens (including phenoxy) is 1. The first-order chi connectivity index (χ1) is 11.0. The van der Waals surface area contributed by atoms with Crippen LogP contribution in [0.1, 0.15) is 36.8 Å². The van der Waals surface area contributed by atoms with Crippen molar-refractivity contribution in [3.05, 3.63) is 29.3 Å². The maximum absolute atomic E-state index is 12.3. The van der Waals surface area contributed by atoms with Crippen LogP contribution in [-0.2, 0) is 14.4 Å². The van der Waals surface area contributed by atoms with Crippen molar-refractivity contribution in [3.63, 3.8) is 0 Å². The predicted molar refractivity (Wildman–Crippen MR) is 83.7 cm³/mol. The Bertz CT molecular complexity index is 643. The lowest BCUT2D eigenvalue weighted by molar-refractivity contribution is -0.148. The van der Waals surface area contributed by atoms with Gasteiger partial charge in [-0.25, -0.2) is 4.79 Å². The summed E-state index contributed by atoms with van der Waals surface area (Å²) in [4.78, 5) is 37.8. The zero-order chi connectivity index (χ0) is 16.6. The normalized spacial score (nSPS) is 23.8. The minimum atomic E-state index is -0.575. The van der Waals surface area contributed by atoms with Gasteiger partial charge < -0.3 is 4.74 Å². The van der Waals surface area contributed by atoms with Gasteiger partial charge in [-0.05, 0) is 49.9 Å². The maximum Gasteiger partial charge on any atom is 0.331 e. The molecule has 0 radical (unpaired) electrons. The molecule has 5 heteroatoms. The number of carbonyl (C=O) groups excluding carboxylic acids is 3. The molecule has 0 aromatic heterocycles. The number of aryl methyl sites for hydroxylation is 2. The number of hydrogen-bond donors (Lipinski definition) is 0. The highest BCUT2D eigenvalue weighted by atomic mass is 16.5. The lowest BCUT2D eigenvalue weighted by atomic mass is 9.81. The van der Waals surface area contributed by atoms with Gasteiger partial charge >= 0.3 is 5.97 Å². The second kappa shape index (κ2) is 6.14. The van der Waals surface area contributed by atoms with E-state index < -0.39 is 5.97 Å². The van der Waals surface area contributed by atoms with Gasteiger partial charge in [0, 0.05) is 0 Å². The van der Waals surface area contributed by atoms with E-state index in [1.807, 2.05) is 19.9 Å². The zero-order valence-electron chi connectivity index (χ0n) is 13.5. The van der Waals surface area contributed by atoms with Crippen LogP contribution < -0.4 is 4.74 Å². The lowest BCUT2D eigenvalue weighted by Crippen LogP contribution is -2.37. The number of esters is 1. The summed E-state index contributed by atoms with van der Waals surface area (Å²) in [5.74, 6) is -1.02. The second-order valence-corrected chi connectivity index (χ2v) is 6.48. The van der Waals surface area contributed by atoms with Crippen LogP contribution in [0.2, 0.25) is 0 Å². The van der Waals surface area contributed by atoms with Crippen molar-refractivity contribution in [2.45, 2.75) is 39.5 Å². The third kappa shape index (κ3) is 3.00. The van der Waals surface area contributed by atoms with Gasteiger partial charge in [0.1, 0.15) is 12.3 Å². The van der Waals surface area contributed by atoms with Gasteiger partial charge in [0.15, 0.2) is 0 Å². The Kier molecular flexibility index (Phi) is 4.20. The van der Waals surface area contributed by atoms with E-state index in [0.717, 1.165) is 41.7 Å². The standard InChI is InChI=1S/C18H21NO4/c1-11-7-8-13(9-12(11)2)23-16(20)10-19-17(21)14-5-3-4-6-15(14)18(19)22/h7-9,14-15H,3-6,10H2,1-2H3/t14-,15+. The number of benzene rings is 1. The summed E-state index contributed by atoms with van der Waals surface area (Å²) in [6.07, 6.45) is 3.44. The number of amides is 2. The summed E-state index contributed by atoms with van der Waals surface area (Å²) in [6, 6.07) is 5.37. The summed E-state index contributed by atoms with van der Waals surface area (Å²) < 4.78 is 5.28. The predicted octanol–water partition coefficient (Wildman–Crippen LogP) is 2.38. The van der Waals surface area contributed by atoms with Crippen molar-refractivity contribution < 1.29 is 19.1 Å². The molecule has 5 nitrogen and oxygen atoms in total. The van der Waals surface area contributed by atoms with E-state index in [0.29, 0.717) is 5.75 Å². The number of fused-ring (bicyclic) bond motifs is 1. The van der Waals surface area contributed by atoms with Gasteiger partial charge in [-0.2, -0.15) is 0 Å². The maximum atomic E-state index is 12.3. The molecule has 1 aliphatic heterocycles. The van der Waals surface area contributed by atoms with Crippen molar-refractivity contribution in [2.75, 3.05) is 6.54 Å². The molecule has 1 aliphatic carbocycles. The molecule has 2 amide bonds. The van der Waals surface area contributed by atoms with Crippen molar-refractivity contribution in [3.8, 4) is 5.75 Å². The Morgan fingerprint density at radius 3 is 2.26 bits per heavy atom. The van der Waals surface area contributed by atoms with Gasteiger partial charge in [-0.15, -0.1) is 0 Å². The molecule has 122 valence electrons. The fraction of sp³-hybridized carbons (Fsp3) is 0.500. The Hall–Kier alpha value is -2.17. The average molecular weight is 315 g/mol. The number of imide groups is 1. The number of rotatable bonds is 3. The quantitative estimate of drug-likeness (QED) is 0.488. The molecule has 0 bridgehead atoms. The number of hydrogen-bond acceptors (Lipinski definition) is 4. The smallest absolute Gasteiger partial charge is 0.331 e. The highest BCUT2D eigenvalue weighted by Gasteiger charge is 2.48. The molecule has 1 heterocycles. The number of carbonyl (C=O) groups is 3. The Balaban J connectivity index is 1.66. The van der Waals surface area contributed by atoms with Crippen molar-refractivity contribution in [1.29, 1.82) is 0 Å². The SMILES string of the molecule is Cc1ccc(OC(=O)CN2C(=O)[C@H]3CCCC[C@H]3C2=O)cc1C. The van der Waals surface area contributed by atoms with E-state index in [-0.39, 0.29) is 30.2 Å². The molecule has 3 rings (SSSR count). The molecule has 2 atom stereocenters. The average Bonchev–Trinajstić information content (AvgIpc) is 2.76. The van der Waals surface area contributed by atoms with Crippen LogP contribution in [0.5, 0.6) is 5.75 Å². The fourth-order valence-electron chi connectivity index (χ4n) is 3.46. The fourth-order valence-corrected chi connectivity index (χ4v) is 3.46. The van der Waals surface area contributed by atoms with Crippen LogP contribution in [0.15, 0.2) is 18.2 Å². The molecule has 0 spiro atoms. The number of nitrogens with zero attached hydrogens (tertiary/aromatic N) is 1. The third-order valence-electron chi connectivity index (χ3n) is 4.93. The minimum Gasteiger partial charge on any atom is -0.425 e. The zero-order valence-corrected chi connectivity index (χ0v) is 13.5. The van der Waals surface area contributed by atoms with E-state index in [1.165, 1.54) is 0 Å². The lowest BCUT2D eigenvalue weighted by Gasteiger charge is -2.19. The molecule has 2 aliphatic rings. The van der Waals surface area contributed by atoms with Crippen LogP contribution in [0.3, 0.4) is 0 Å². The molecule has 1 saturated carbocycles. The van der Waals surface area contributed by atoms with Crippen LogP contribution in [0.4, 0.5) is 0 Å².